The smallest absolute Gasteiger partial charge is 0.209 e. The molecule has 124 valence electrons. The predicted molar refractivity (Wildman–Crippen MR) is 100 cm³/mol. The molecule has 1 aromatic heterocycles. The van der Waals surface area contributed by atoms with E-state index in [0.29, 0.717) is 5.56 Å². The molecule has 0 aliphatic heterocycles. The number of halogens is 6. The number of alkyl halides is 6. The van der Waals surface area contributed by atoms with Gasteiger partial charge in [0.1, 0.15) is 0 Å². The molecule has 10 heteroatoms. The summed E-state index contributed by atoms with van der Waals surface area (Å²) in [6, 6.07) is 7.57. The fourth-order valence-electron chi connectivity index (χ4n) is 1.63. The minimum absolute atomic E-state index is 0.110. The van der Waals surface area contributed by atoms with Gasteiger partial charge in [-0.15, -0.1) is 11.8 Å². The van der Waals surface area contributed by atoms with Gasteiger partial charge in [0, 0.05) is 10.5 Å². The van der Waals surface area contributed by atoms with Gasteiger partial charge in [-0.05, 0) is 17.9 Å². The summed E-state index contributed by atoms with van der Waals surface area (Å²) >= 11 is 36.8. The van der Waals surface area contributed by atoms with Crippen LogP contribution in [0.15, 0.2) is 29.2 Å². The molecular formula is C13H9Cl6N3S. The van der Waals surface area contributed by atoms with Gasteiger partial charge < -0.3 is 0 Å². The highest BCUT2D eigenvalue weighted by Gasteiger charge is 2.33. The molecule has 0 saturated heterocycles. The molecule has 0 saturated carbocycles. The van der Waals surface area contributed by atoms with Gasteiger partial charge in [-0.2, -0.15) is 0 Å². The van der Waals surface area contributed by atoms with Crippen molar-refractivity contribution in [3.05, 3.63) is 35.9 Å². The molecule has 1 aromatic carbocycles. The monoisotopic (exact) mass is 449 g/mol. The van der Waals surface area contributed by atoms with Crippen LogP contribution in [0.4, 0.5) is 0 Å². The van der Waals surface area contributed by atoms with E-state index in [1.165, 1.54) is 0 Å². The van der Waals surface area contributed by atoms with Gasteiger partial charge in [-0.1, -0.05) is 88.7 Å². The first-order valence-electron chi connectivity index (χ1n) is 6.25. The largest absolute Gasteiger partial charge is 0.250 e. The van der Waals surface area contributed by atoms with E-state index >= 15 is 0 Å². The molecule has 2 rings (SSSR count). The number of aromatic nitrogens is 3. The Bertz CT molecular complexity index is 649. The third kappa shape index (κ3) is 5.40. The van der Waals surface area contributed by atoms with Crippen LogP contribution >= 0.6 is 81.4 Å². The van der Waals surface area contributed by atoms with Crippen molar-refractivity contribution in [2.45, 2.75) is 19.4 Å². The zero-order chi connectivity index (χ0) is 17.3. The molecule has 0 aliphatic carbocycles. The molecule has 0 atom stereocenters. The van der Waals surface area contributed by atoms with Gasteiger partial charge in [0.15, 0.2) is 17.5 Å². The maximum atomic E-state index is 5.85. The summed E-state index contributed by atoms with van der Waals surface area (Å²) in [7, 11) is 0. The standard InChI is InChI=1S/C13H9Cl6N3S/c1-2-23-8-5-3-7(4-6-8)9-20-10(12(14,15)16)22-11(21-9)13(17,18)19/h3-6H,2H2,1H3. The lowest BCUT2D eigenvalue weighted by atomic mass is 10.2. The summed E-state index contributed by atoms with van der Waals surface area (Å²) in [5.41, 5.74) is 0.693. The molecule has 23 heavy (non-hydrogen) atoms. The van der Waals surface area contributed by atoms with Gasteiger partial charge in [-0.3, -0.25) is 0 Å². The Morgan fingerprint density at radius 2 is 1.30 bits per heavy atom. The van der Waals surface area contributed by atoms with Crippen LogP contribution in [0.3, 0.4) is 0 Å². The second-order valence-corrected chi connectivity index (χ2v) is 10.2. The molecule has 3 nitrogen and oxygen atoms in total. The number of benzene rings is 1. The summed E-state index contributed by atoms with van der Waals surface area (Å²) in [6.45, 7) is 2.07. The van der Waals surface area contributed by atoms with E-state index in [0.717, 1.165) is 10.6 Å². The third-order valence-corrected chi connectivity index (χ3v) is 4.47. The van der Waals surface area contributed by atoms with E-state index in [9.17, 15) is 0 Å². The zero-order valence-corrected chi connectivity index (χ0v) is 16.9. The van der Waals surface area contributed by atoms with E-state index in [1.54, 1.807) is 11.8 Å². The minimum Gasteiger partial charge on any atom is -0.209 e. The molecule has 0 unspecified atom stereocenters. The lowest BCUT2D eigenvalue weighted by molar-refractivity contribution is 0.851. The van der Waals surface area contributed by atoms with Gasteiger partial charge in [0.05, 0.1) is 0 Å². The molecule has 0 fully saturated rings. The van der Waals surface area contributed by atoms with Crippen molar-refractivity contribution in [3.63, 3.8) is 0 Å². The summed E-state index contributed by atoms with van der Waals surface area (Å²) in [5, 5.41) is 0. The van der Waals surface area contributed by atoms with Crippen molar-refractivity contribution >= 4 is 81.4 Å². The fourth-order valence-corrected chi connectivity index (χ4v) is 2.79. The molecule has 1 heterocycles. The third-order valence-electron chi connectivity index (χ3n) is 2.57. The van der Waals surface area contributed by atoms with Crippen LogP contribution in [0, 0.1) is 0 Å². The van der Waals surface area contributed by atoms with E-state index in [2.05, 4.69) is 21.9 Å². The lowest BCUT2D eigenvalue weighted by Crippen LogP contribution is -2.16. The highest BCUT2D eigenvalue weighted by molar-refractivity contribution is 7.99. The number of hydrogen-bond acceptors (Lipinski definition) is 4. The van der Waals surface area contributed by atoms with Crippen molar-refractivity contribution in [2.24, 2.45) is 0 Å². The summed E-state index contributed by atoms with van der Waals surface area (Å²) < 4.78 is -3.72. The molecule has 0 radical (unpaired) electrons. The van der Waals surface area contributed by atoms with Crippen LogP contribution in [-0.4, -0.2) is 20.7 Å². The first-order chi connectivity index (χ1) is 10.6. The van der Waals surface area contributed by atoms with Crippen molar-refractivity contribution in [3.8, 4) is 11.4 Å². The van der Waals surface area contributed by atoms with Gasteiger partial charge >= 0.3 is 0 Å². The SMILES string of the molecule is CCSc1ccc(-c2nc(C(Cl)(Cl)Cl)nc(C(Cl)(Cl)Cl)n2)cc1. The second-order valence-electron chi connectivity index (χ2n) is 4.26. The number of hydrogen-bond donors (Lipinski definition) is 0. The first-order valence-corrected chi connectivity index (χ1v) is 9.50. The van der Waals surface area contributed by atoms with E-state index in [-0.39, 0.29) is 17.5 Å². The van der Waals surface area contributed by atoms with Gasteiger partial charge in [0.25, 0.3) is 0 Å². The second kappa shape index (κ2) is 7.69. The summed E-state index contributed by atoms with van der Waals surface area (Å²) in [4.78, 5) is 13.4. The summed E-state index contributed by atoms with van der Waals surface area (Å²) in [5.74, 6) is 1.01. The molecule has 0 amide bonds. The van der Waals surface area contributed by atoms with Crippen molar-refractivity contribution < 1.29 is 0 Å². The van der Waals surface area contributed by atoms with E-state index in [1.807, 2.05) is 24.3 Å². The molecule has 2 aromatic rings. The van der Waals surface area contributed by atoms with Crippen LogP contribution in [0.2, 0.25) is 0 Å². The van der Waals surface area contributed by atoms with Crippen molar-refractivity contribution in [2.75, 3.05) is 5.75 Å². The lowest BCUT2D eigenvalue weighted by Gasteiger charge is -2.15. The van der Waals surface area contributed by atoms with Crippen LogP contribution in [-0.2, 0) is 7.59 Å². The Labute approximate surface area is 168 Å². The molecule has 0 N–H and O–H groups in total. The Kier molecular flexibility index (Phi) is 6.57. The Morgan fingerprint density at radius 3 is 1.70 bits per heavy atom. The summed E-state index contributed by atoms with van der Waals surface area (Å²) in [6.07, 6.45) is 0. The average molecular weight is 452 g/mol. The zero-order valence-electron chi connectivity index (χ0n) is 11.5. The molecular weight excluding hydrogens is 443 g/mol. The van der Waals surface area contributed by atoms with Crippen LogP contribution in [0.5, 0.6) is 0 Å². The number of thioether (sulfide) groups is 1. The van der Waals surface area contributed by atoms with Crippen LogP contribution < -0.4 is 0 Å². The van der Waals surface area contributed by atoms with Gasteiger partial charge in [0.2, 0.25) is 7.59 Å². The Morgan fingerprint density at radius 1 is 0.826 bits per heavy atom. The fraction of sp³-hybridized carbons (Fsp3) is 0.308. The topological polar surface area (TPSA) is 38.7 Å². The first kappa shape index (κ1) is 19.6. The highest BCUT2D eigenvalue weighted by atomic mass is 35.6. The van der Waals surface area contributed by atoms with E-state index in [4.69, 9.17) is 69.6 Å². The van der Waals surface area contributed by atoms with Crippen molar-refractivity contribution in [1.29, 1.82) is 0 Å². The number of rotatable bonds is 3. The molecule has 0 aliphatic rings. The quantitative estimate of drug-likeness (QED) is 0.405. The van der Waals surface area contributed by atoms with Crippen molar-refractivity contribution in [1.82, 2.24) is 15.0 Å². The molecule has 0 spiro atoms. The predicted octanol–water partition coefficient (Wildman–Crippen LogP) is 6.30. The maximum Gasteiger partial charge on any atom is 0.250 e. The van der Waals surface area contributed by atoms with Crippen LogP contribution in [0.1, 0.15) is 18.6 Å². The Balaban J connectivity index is 2.52. The van der Waals surface area contributed by atoms with Crippen LogP contribution in [0.25, 0.3) is 11.4 Å². The maximum absolute atomic E-state index is 5.85. The van der Waals surface area contributed by atoms with Gasteiger partial charge in [-0.25, -0.2) is 15.0 Å². The highest BCUT2D eigenvalue weighted by Crippen LogP contribution is 2.40. The Hall–Kier alpha value is 0.320. The molecule has 0 bridgehead atoms. The number of nitrogens with zero attached hydrogens (tertiary/aromatic N) is 3. The minimum atomic E-state index is -1.86. The average Bonchev–Trinajstić information content (AvgIpc) is 2.46. The van der Waals surface area contributed by atoms with E-state index < -0.39 is 7.59 Å². The normalized spacial score (nSPS) is 12.5.